The first-order chi connectivity index (χ1) is 8.30. The Balaban J connectivity index is 2.35. The van der Waals surface area contributed by atoms with Crippen molar-refractivity contribution in [1.29, 1.82) is 0 Å². The van der Waals surface area contributed by atoms with Crippen LogP contribution in [-0.2, 0) is 5.41 Å². The average Bonchev–Trinajstić information content (AvgIpc) is 2.78. The van der Waals surface area contributed by atoms with E-state index in [4.69, 9.17) is 23.2 Å². The van der Waals surface area contributed by atoms with Gasteiger partial charge in [-0.2, -0.15) is 0 Å². The molecule has 0 saturated carbocycles. The fraction of sp³-hybridized carbons (Fsp3) is 0.286. The Kier molecular flexibility index (Phi) is 2.68. The summed E-state index contributed by atoms with van der Waals surface area (Å²) in [4.78, 5) is 0. The lowest BCUT2D eigenvalue weighted by Crippen LogP contribution is -2.32. The number of anilines is 1. The van der Waals surface area contributed by atoms with Gasteiger partial charge in [0, 0.05) is 29.4 Å². The zero-order valence-corrected chi connectivity index (χ0v) is 10.9. The summed E-state index contributed by atoms with van der Waals surface area (Å²) in [7, 11) is 0. The summed E-state index contributed by atoms with van der Waals surface area (Å²) in [6.45, 7) is 0.823. The molecule has 0 spiro atoms. The molecule has 0 aromatic heterocycles. The van der Waals surface area contributed by atoms with Crippen molar-refractivity contribution in [2.24, 2.45) is 0 Å². The predicted octanol–water partition coefficient (Wildman–Crippen LogP) is 3.98. The molecule has 17 heavy (non-hydrogen) atoms. The zero-order chi connectivity index (χ0) is 11.9. The SMILES string of the molecule is ClCC1(CCl)CNc2ccc3ccccc3c21. The molecule has 2 aromatic rings. The maximum atomic E-state index is 6.17. The standard InChI is InChI=1S/C14H13Cl2N/c15-7-14(8-16)9-17-12-6-5-10-3-1-2-4-11(10)13(12)14/h1-6,17H,7-9H2. The minimum absolute atomic E-state index is 0.140. The second-order valence-corrected chi connectivity index (χ2v) is 5.14. The number of alkyl halides is 2. The van der Waals surface area contributed by atoms with Gasteiger partial charge in [-0.15, -0.1) is 23.2 Å². The number of rotatable bonds is 2. The van der Waals surface area contributed by atoms with Crippen molar-refractivity contribution >= 4 is 39.7 Å². The first-order valence-electron chi connectivity index (χ1n) is 5.69. The first-order valence-corrected chi connectivity index (χ1v) is 6.76. The van der Waals surface area contributed by atoms with E-state index in [1.54, 1.807) is 0 Å². The lowest BCUT2D eigenvalue weighted by atomic mass is 9.83. The van der Waals surface area contributed by atoms with Crippen LogP contribution in [0.3, 0.4) is 0 Å². The summed E-state index contributed by atoms with van der Waals surface area (Å²) >= 11 is 12.3. The van der Waals surface area contributed by atoms with Crippen molar-refractivity contribution in [2.45, 2.75) is 5.41 Å². The maximum absolute atomic E-state index is 6.17. The van der Waals surface area contributed by atoms with E-state index in [2.05, 4.69) is 41.7 Å². The Hall–Kier alpha value is -0.920. The molecule has 0 atom stereocenters. The van der Waals surface area contributed by atoms with Crippen LogP contribution >= 0.6 is 23.2 Å². The Labute approximate surface area is 111 Å². The minimum Gasteiger partial charge on any atom is -0.384 e. The molecule has 3 heteroatoms. The summed E-state index contributed by atoms with van der Waals surface area (Å²) in [6.07, 6.45) is 0. The number of hydrogen-bond acceptors (Lipinski definition) is 1. The van der Waals surface area contributed by atoms with E-state index in [1.165, 1.54) is 22.0 Å². The van der Waals surface area contributed by atoms with Crippen molar-refractivity contribution in [3.63, 3.8) is 0 Å². The molecule has 1 aliphatic heterocycles. The van der Waals surface area contributed by atoms with Gasteiger partial charge in [0.2, 0.25) is 0 Å². The fourth-order valence-corrected chi connectivity index (χ4v) is 3.35. The van der Waals surface area contributed by atoms with E-state index in [0.717, 1.165) is 6.54 Å². The lowest BCUT2D eigenvalue weighted by molar-refractivity contribution is 0.606. The van der Waals surface area contributed by atoms with Crippen LogP contribution in [0.15, 0.2) is 36.4 Å². The van der Waals surface area contributed by atoms with E-state index < -0.39 is 0 Å². The number of nitrogens with one attached hydrogen (secondary N) is 1. The number of benzene rings is 2. The average molecular weight is 266 g/mol. The Bertz CT molecular complexity index is 561. The molecular weight excluding hydrogens is 253 g/mol. The summed E-state index contributed by atoms with van der Waals surface area (Å²) in [5, 5.41) is 5.92. The molecule has 1 nitrogen and oxygen atoms in total. The highest BCUT2D eigenvalue weighted by Gasteiger charge is 2.38. The summed E-state index contributed by atoms with van der Waals surface area (Å²) in [5.41, 5.74) is 2.31. The number of fused-ring (bicyclic) bond motifs is 3. The lowest BCUT2D eigenvalue weighted by Gasteiger charge is -2.24. The van der Waals surface area contributed by atoms with Gasteiger partial charge >= 0.3 is 0 Å². The van der Waals surface area contributed by atoms with Gasteiger partial charge in [0.15, 0.2) is 0 Å². The highest BCUT2D eigenvalue weighted by Crippen LogP contribution is 2.42. The molecular formula is C14H13Cl2N. The largest absolute Gasteiger partial charge is 0.384 e. The number of halogens is 2. The third kappa shape index (κ3) is 1.53. The quantitative estimate of drug-likeness (QED) is 0.811. The van der Waals surface area contributed by atoms with Gasteiger partial charge in [0.1, 0.15) is 0 Å². The van der Waals surface area contributed by atoms with Gasteiger partial charge in [-0.05, 0) is 22.4 Å². The van der Waals surface area contributed by atoms with E-state index in [9.17, 15) is 0 Å². The van der Waals surface area contributed by atoms with Crippen molar-refractivity contribution in [3.05, 3.63) is 42.0 Å². The maximum Gasteiger partial charge on any atom is 0.0423 e. The molecule has 0 bridgehead atoms. The molecule has 2 aromatic carbocycles. The Morgan fingerprint density at radius 3 is 2.59 bits per heavy atom. The predicted molar refractivity (Wildman–Crippen MR) is 75.6 cm³/mol. The Morgan fingerprint density at radius 1 is 1.06 bits per heavy atom. The summed E-state index contributed by atoms with van der Waals surface area (Å²) in [5.74, 6) is 1.09. The van der Waals surface area contributed by atoms with Gasteiger partial charge in [0.05, 0.1) is 0 Å². The highest BCUT2D eigenvalue weighted by molar-refractivity contribution is 6.23. The zero-order valence-electron chi connectivity index (χ0n) is 9.34. The van der Waals surface area contributed by atoms with Crippen LogP contribution in [0.5, 0.6) is 0 Å². The van der Waals surface area contributed by atoms with Crippen LogP contribution in [0.25, 0.3) is 10.8 Å². The molecule has 0 aliphatic carbocycles. The Morgan fingerprint density at radius 2 is 1.82 bits per heavy atom. The number of hydrogen-bond donors (Lipinski definition) is 1. The van der Waals surface area contributed by atoms with Gasteiger partial charge < -0.3 is 5.32 Å². The van der Waals surface area contributed by atoms with Crippen molar-refractivity contribution < 1.29 is 0 Å². The molecule has 1 N–H and O–H groups in total. The molecule has 1 aliphatic rings. The van der Waals surface area contributed by atoms with Crippen LogP contribution in [0.1, 0.15) is 5.56 Å². The van der Waals surface area contributed by atoms with Crippen molar-refractivity contribution in [2.75, 3.05) is 23.6 Å². The second kappa shape index (κ2) is 4.08. The minimum atomic E-state index is -0.140. The monoisotopic (exact) mass is 265 g/mol. The summed E-state index contributed by atoms with van der Waals surface area (Å²) < 4.78 is 0. The third-order valence-electron chi connectivity index (χ3n) is 3.59. The smallest absolute Gasteiger partial charge is 0.0423 e. The van der Waals surface area contributed by atoms with Gasteiger partial charge in [-0.3, -0.25) is 0 Å². The van der Waals surface area contributed by atoms with Crippen LogP contribution in [-0.4, -0.2) is 18.3 Å². The molecule has 88 valence electrons. The molecule has 0 fully saturated rings. The molecule has 0 unspecified atom stereocenters. The van der Waals surface area contributed by atoms with Crippen LogP contribution in [0, 0.1) is 0 Å². The first kappa shape index (κ1) is 11.2. The molecule has 0 amide bonds. The fourth-order valence-electron chi connectivity index (χ4n) is 2.61. The van der Waals surface area contributed by atoms with Crippen molar-refractivity contribution in [1.82, 2.24) is 0 Å². The molecule has 3 rings (SSSR count). The molecule has 0 radical (unpaired) electrons. The summed E-state index contributed by atoms with van der Waals surface area (Å²) in [6, 6.07) is 12.7. The van der Waals surface area contributed by atoms with Gasteiger partial charge in [-0.25, -0.2) is 0 Å². The molecule has 1 heterocycles. The van der Waals surface area contributed by atoms with Crippen LogP contribution in [0.2, 0.25) is 0 Å². The highest BCUT2D eigenvalue weighted by atomic mass is 35.5. The van der Waals surface area contributed by atoms with Gasteiger partial charge in [0.25, 0.3) is 0 Å². The van der Waals surface area contributed by atoms with Crippen LogP contribution in [0.4, 0.5) is 5.69 Å². The van der Waals surface area contributed by atoms with E-state index in [1.807, 2.05) is 0 Å². The molecule has 0 saturated heterocycles. The second-order valence-electron chi connectivity index (χ2n) is 4.61. The van der Waals surface area contributed by atoms with Gasteiger partial charge in [-0.1, -0.05) is 30.3 Å². The van der Waals surface area contributed by atoms with E-state index >= 15 is 0 Å². The van der Waals surface area contributed by atoms with E-state index in [-0.39, 0.29) is 5.41 Å². The van der Waals surface area contributed by atoms with Crippen molar-refractivity contribution in [3.8, 4) is 0 Å². The third-order valence-corrected chi connectivity index (χ3v) is 4.61. The normalized spacial score (nSPS) is 16.8. The topological polar surface area (TPSA) is 12.0 Å². The van der Waals surface area contributed by atoms with E-state index in [0.29, 0.717) is 11.8 Å². The van der Waals surface area contributed by atoms with Crippen LogP contribution < -0.4 is 5.32 Å².